The normalized spacial score (nSPS) is 11.4. The Kier molecular flexibility index (Phi) is 10.7. The largest absolute Gasteiger partial charge is 0.314 e. The van der Waals surface area contributed by atoms with Crippen LogP contribution in [-0.4, -0.2) is 12.6 Å². The van der Waals surface area contributed by atoms with E-state index in [0.29, 0.717) is 0 Å². The summed E-state index contributed by atoms with van der Waals surface area (Å²) in [6.07, 6.45) is 12.0. The number of hydrogen-bond acceptors (Lipinski definition) is 2. The van der Waals surface area contributed by atoms with Crippen LogP contribution in [0.4, 0.5) is 0 Å². The van der Waals surface area contributed by atoms with Gasteiger partial charge in [-0.3, -0.25) is 0 Å². The lowest BCUT2D eigenvalue weighted by Gasteiger charge is -2.18. The molecule has 3 heteroatoms. The van der Waals surface area contributed by atoms with Crippen LogP contribution in [0.3, 0.4) is 0 Å². The van der Waals surface area contributed by atoms with Crippen LogP contribution in [0.2, 0.25) is 0 Å². The van der Waals surface area contributed by atoms with E-state index in [-0.39, 0.29) is 0 Å². The van der Waals surface area contributed by atoms with Crippen molar-refractivity contribution in [3.05, 3.63) is 20.8 Å². The molecule has 0 aliphatic heterocycles. The molecule has 0 saturated heterocycles. The van der Waals surface area contributed by atoms with Gasteiger partial charge in [-0.05, 0) is 47.3 Å². The Balaban J connectivity index is 2.23. The van der Waals surface area contributed by atoms with Crippen molar-refractivity contribution in [2.24, 2.45) is 0 Å². The van der Waals surface area contributed by atoms with Crippen molar-refractivity contribution in [2.75, 3.05) is 6.54 Å². The molecule has 0 aliphatic carbocycles. The average molecular weight is 360 g/mol. The fourth-order valence-electron chi connectivity index (χ4n) is 2.52. The highest BCUT2D eigenvalue weighted by Gasteiger charge is 2.07. The minimum atomic E-state index is 0.733. The van der Waals surface area contributed by atoms with E-state index in [1.54, 1.807) is 0 Å². The van der Waals surface area contributed by atoms with Gasteiger partial charge in [-0.1, -0.05) is 52.4 Å². The summed E-state index contributed by atoms with van der Waals surface area (Å²) in [5.74, 6) is 0. The molecule has 0 unspecified atom stereocenters. The van der Waals surface area contributed by atoms with Gasteiger partial charge in [-0.2, -0.15) is 0 Å². The second-order valence-electron chi connectivity index (χ2n) is 5.60. The predicted octanol–water partition coefficient (Wildman–Crippen LogP) is 6.17. The van der Waals surface area contributed by atoms with Crippen molar-refractivity contribution in [2.45, 2.75) is 77.7 Å². The molecule has 0 aromatic carbocycles. The van der Waals surface area contributed by atoms with Gasteiger partial charge in [0.05, 0.1) is 3.79 Å². The molecule has 1 aromatic rings. The van der Waals surface area contributed by atoms with Crippen LogP contribution in [0.25, 0.3) is 0 Å². The molecular formula is C17H30BrNS. The highest BCUT2D eigenvalue weighted by atomic mass is 79.9. The standard InChI is InChI=1S/C17H30BrNS/c1-3-5-7-9-15(10-8-6-4-2)19-14-13-16-11-12-17(18)20-16/h11-12,15,19H,3-10,13-14H2,1-2H3. The van der Waals surface area contributed by atoms with Gasteiger partial charge in [0, 0.05) is 17.5 Å². The Bertz CT molecular complexity index is 327. The Hall–Kier alpha value is 0.140. The predicted molar refractivity (Wildman–Crippen MR) is 95.8 cm³/mol. The van der Waals surface area contributed by atoms with Crippen LogP contribution < -0.4 is 5.32 Å². The number of rotatable bonds is 12. The summed E-state index contributed by atoms with van der Waals surface area (Å²) in [4.78, 5) is 1.48. The van der Waals surface area contributed by atoms with E-state index in [9.17, 15) is 0 Å². The van der Waals surface area contributed by atoms with Crippen molar-refractivity contribution in [1.82, 2.24) is 5.32 Å². The summed E-state index contributed by atoms with van der Waals surface area (Å²) in [6.45, 7) is 5.69. The van der Waals surface area contributed by atoms with E-state index in [1.807, 2.05) is 11.3 Å². The summed E-state index contributed by atoms with van der Waals surface area (Å²) in [7, 11) is 0. The minimum absolute atomic E-state index is 0.733. The molecule has 0 aliphatic rings. The molecule has 1 nitrogen and oxygen atoms in total. The van der Waals surface area contributed by atoms with E-state index < -0.39 is 0 Å². The van der Waals surface area contributed by atoms with E-state index in [4.69, 9.17) is 0 Å². The fraction of sp³-hybridized carbons (Fsp3) is 0.765. The van der Waals surface area contributed by atoms with Crippen molar-refractivity contribution in [1.29, 1.82) is 0 Å². The lowest BCUT2D eigenvalue weighted by Crippen LogP contribution is -2.30. The zero-order chi connectivity index (χ0) is 14.6. The van der Waals surface area contributed by atoms with Crippen LogP contribution in [0.5, 0.6) is 0 Å². The van der Waals surface area contributed by atoms with Crippen molar-refractivity contribution in [3.8, 4) is 0 Å². The molecule has 1 aromatic heterocycles. The minimum Gasteiger partial charge on any atom is -0.314 e. The molecule has 0 saturated carbocycles. The average Bonchev–Trinajstić information content (AvgIpc) is 2.84. The maximum atomic E-state index is 3.79. The van der Waals surface area contributed by atoms with E-state index >= 15 is 0 Å². The van der Waals surface area contributed by atoms with E-state index in [1.165, 1.54) is 60.0 Å². The Morgan fingerprint density at radius 2 is 1.70 bits per heavy atom. The van der Waals surface area contributed by atoms with Crippen LogP contribution in [0, 0.1) is 0 Å². The molecule has 0 amide bonds. The number of nitrogens with one attached hydrogen (secondary N) is 1. The smallest absolute Gasteiger partial charge is 0.0701 e. The first-order valence-corrected chi connectivity index (χ1v) is 9.84. The van der Waals surface area contributed by atoms with Crippen LogP contribution in [0.15, 0.2) is 15.9 Å². The molecule has 0 fully saturated rings. The summed E-state index contributed by atoms with van der Waals surface area (Å²) >= 11 is 5.39. The van der Waals surface area contributed by atoms with Gasteiger partial charge < -0.3 is 5.32 Å². The number of unbranched alkanes of at least 4 members (excludes halogenated alkanes) is 4. The van der Waals surface area contributed by atoms with Crippen molar-refractivity contribution in [3.63, 3.8) is 0 Å². The van der Waals surface area contributed by atoms with Gasteiger partial charge in [0.2, 0.25) is 0 Å². The first-order valence-electron chi connectivity index (χ1n) is 8.23. The van der Waals surface area contributed by atoms with Gasteiger partial charge in [0.1, 0.15) is 0 Å². The van der Waals surface area contributed by atoms with E-state index in [2.05, 4.69) is 47.2 Å². The Morgan fingerprint density at radius 3 is 2.20 bits per heavy atom. The molecule has 1 N–H and O–H groups in total. The van der Waals surface area contributed by atoms with Crippen LogP contribution >= 0.6 is 27.3 Å². The number of halogens is 1. The third-order valence-corrected chi connectivity index (χ3v) is 5.43. The third-order valence-electron chi connectivity index (χ3n) is 3.75. The highest BCUT2D eigenvalue weighted by molar-refractivity contribution is 9.11. The van der Waals surface area contributed by atoms with Gasteiger partial charge in [-0.15, -0.1) is 11.3 Å². The Labute approximate surface area is 137 Å². The lowest BCUT2D eigenvalue weighted by molar-refractivity contribution is 0.421. The lowest BCUT2D eigenvalue weighted by atomic mass is 10.0. The maximum Gasteiger partial charge on any atom is 0.0701 e. The van der Waals surface area contributed by atoms with Gasteiger partial charge >= 0.3 is 0 Å². The molecule has 20 heavy (non-hydrogen) atoms. The SMILES string of the molecule is CCCCCC(CCCCC)NCCc1ccc(Br)s1. The van der Waals surface area contributed by atoms with Gasteiger partial charge in [-0.25, -0.2) is 0 Å². The molecule has 1 heterocycles. The topological polar surface area (TPSA) is 12.0 Å². The van der Waals surface area contributed by atoms with Crippen molar-refractivity contribution < 1.29 is 0 Å². The van der Waals surface area contributed by atoms with Crippen LogP contribution in [0.1, 0.15) is 70.1 Å². The van der Waals surface area contributed by atoms with E-state index in [0.717, 1.165) is 19.0 Å². The first-order chi connectivity index (χ1) is 9.76. The molecule has 0 spiro atoms. The molecule has 0 radical (unpaired) electrons. The number of hydrogen-bond donors (Lipinski definition) is 1. The second kappa shape index (κ2) is 11.8. The zero-order valence-corrected chi connectivity index (χ0v) is 15.5. The van der Waals surface area contributed by atoms with Gasteiger partial charge in [0.25, 0.3) is 0 Å². The summed E-state index contributed by atoms with van der Waals surface area (Å²) in [6, 6.07) is 5.12. The molecule has 116 valence electrons. The second-order valence-corrected chi connectivity index (χ2v) is 8.15. The zero-order valence-electron chi connectivity index (χ0n) is 13.1. The third kappa shape index (κ3) is 8.43. The summed E-state index contributed by atoms with van der Waals surface area (Å²) in [5.41, 5.74) is 0. The summed E-state index contributed by atoms with van der Waals surface area (Å²) < 4.78 is 1.25. The summed E-state index contributed by atoms with van der Waals surface area (Å²) in [5, 5.41) is 3.79. The maximum absolute atomic E-state index is 3.79. The monoisotopic (exact) mass is 359 g/mol. The fourth-order valence-corrected chi connectivity index (χ4v) is 4.00. The molecule has 0 atom stereocenters. The quantitative estimate of drug-likeness (QED) is 0.439. The van der Waals surface area contributed by atoms with Crippen LogP contribution in [-0.2, 0) is 6.42 Å². The number of thiophene rings is 1. The van der Waals surface area contributed by atoms with Crippen molar-refractivity contribution >= 4 is 27.3 Å². The Morgan fingerprint density at radius 1 is 1.05 bits per heavy atom. The van der Waals surface area contributed by atoms with Gasteiger partial charge in [0.15, 0.2) is 0 Å². The molecule has 1 rings (SSSR count). The first kappa shape index (κ1) is 18.2. The molecule has 0 bridgehead atoms. The molecular weight excluding hydrogens is 330 g/mol. The highest BCUT2D eigenvalue weighted by Crippen LogP contribution is 2.22.